The zero-order valence-corrected chi connectivity index (χ0v) is 14.9. The Kier molecular flexibility index (Phi) is 4.28. The summed E-state index contributed by atoms with van der Waals surface area (Å²) in [5, 5.41) is 0. The zero-order chi connectivity index (χ0) is 18.9. The summed E-state index contributed by atoms with van der Waals surface area (Å²) in [4.78, 5) is 4.58. The maximum Gasteiger partial charge on any atom is 0.283 e. The number of nitrogens with two attached hydrogens (primary N) is 1. The van der Waals surface area contributed by atoms with Crippen LogP contribution in [0.5, 0.6) is 5.75 Å². The normalized spacial score (nSPS) is 18.7. The molecule has 0 bridgehead atoms. The SMILES string of the molecule is COc1cccc(-c2cc(C3(c4ccccc4)COC(N)=N3)ccc2F)c1. The van der Waals surface area contributed by atoms with Crippen LogP contribution in [0.3, 0.4) is 0 Å². The van der Waals surface area contributed by atoms with Gasteiger partial charge in [0.05, 0.1) is 7.11 Å². The van der Waals surface area contributed by atoms with Crippen LogP contribution < -0.4 is 10.5 Å². The molecule has 1 aliphatic heterocycles. The van der Waals surface area contributed by atoms with Gasteiger partial charge in [-0.3, -0.25) is 0 Å². The summed E-state index contributed by atoms with van der Waals surface area (Å²) in [5.41, 5.74) is 8.00. The Morgan fingerprint density at radius 3 is 2.52 bits per heavy atom. The lowest BCUT2D eigenvalue weighted by atomic mass is 9.83. The Hall–Kier alpha value is -3.34. The molecule has 1 atom stereocenters. The quantitative estimate of drug-likeness (QED) is 0.760. The summed E-state index contributed by atoms with van der Waals surface area (Å²) in [6.07, 6.45) is 0. The summed E-state index contributed by atoms with van der Waals surface area (Å²) in [5.74, 6) is 0.354. The molecule has 136 valence electrons. The Balaban J connectivity index is 1.88. The van der Waals surface area contributed by atoms with Gasteiger partial charge in [0.2, 0.25) is 0 Å². The molecule has 3 aromatic rings. The molecule has 0 fully saturated rings. The van der Waals surface area contributed by atoms with Gasteiger partial charge in [-0.1, -0.05) is 48.5 Å². The average molecular weight is 362 g/mol. The van der Waals surface area contributed by atoms with Crippen molar-refractivity contribution in [1.82, 2.24) is 0 Å². The van der Waals surface area contributed by atoms with E-state index < -0.39 is 5.54 Å². The van der Waals surface area contributed by atoms with Crippen molar-refractivity contribution in [2.45, 2.75) is 5.54 Å². The second-order valence-electron chi connectivity index (χ2n) is 6.39. The summed E-state index contributed by atoms with van der Waals surface area (Å²) >= 11 is 0. The molecule has 1 heterocycles. The number of halogens is 1. The number of methoxy groups -OCH3 is 1. The molecule has 0 spiro atoms. The molecular weight excluding hydrogens is 343 g/mol. The molecule has 2 N–H and O–H groups in total. The third-order valence-electron chi connectivity index (χ3n) is 4.81. The van der Waals surface area contributed by atoms with Crippen LogP contribution in [0.15, 0.2) is 77.8 Å². The standard InChI is InChI=1S/C22H19FN2O2/c1-26-18-9-5-6-15(12-18)19-13-17(10-11-20(19)23)22(14-27-21(24)25-22)16-7-3-2-4-8-16/h2-13H,14H2,1H3,(H2,24,25). The molecule has 1 unspecified atom stereocenters. The van der Waals surface area contributed by atoms with Gasteiger partial charge >= 0.3 is 0 Å². The predicted molar refractivity (Wildman–Crippen MR) is 103 cm³/mol. The van der Waals surface area contributed by atoms with Gasteiger partial charge in [-0.25, -0.2) is 9.38 Å². The Bertz CT molecular complexity index is 1000. The summed E-state index contributed by atoms with van der Waals surface area (Å²) < 4.78 is 25.4. The molecule has 27 heavy (non-hydrogen) atoms. The minimum atomic E-state index is -0.799. The molecule has 1 aliphatic rings. The first-order valence-electron chi connectivity index (χ1n) is 8.60. The lowest BCUT2D eigenvalue weighted by Gasteiger charge is -2.26. The van der Waals surface area contributed by atoms with E-state index in [2.05, 4.69) is 4.99 Å². The minimum Gasteiger partial charge on any atom is -0.497 e. The largest absolute Gasteiger partial charge is 0.497 e. The Morgan fingerprint density at radius 2 is 1.81 bits per heavy atom. The number of benzene rings is 3. The van der Waals surface area contributed by atoms with Crippen LogP contribution in [-0.2, 0) is 10.3 Å². The van der Waals surface area contributed by atoms with Crippen LogP contribution in [0, 0.1) is 5.82 Å². The van der Waals surface area contributed by atoms with Gasteiger partial charge in [-0.05, 0) is 41.0 Å². The molecule has 0 radical (unpaired) electrons. The van der Waals surface area contributed by atoms with E-state index in [1.165, 1.54) is 6.07 Å². The maximum absolute atomic E-state index is 14.6. The molecule has 3 aromatic carbocycles. The van der Waals surface area contributed by atoms with Gasteiger partial charge in [-0.15, -0.1) is 0 Å². The lowest BCUT2D eigenvalue weighted by molar-refractivity contribution is 0.278. The number of hydrogen-bond donors (Lipinski definition) is 1. The number of nitrogens with zero attached hydrogens (tertiary/aromatic N) is 1. The Labute approximate surface area is 157 Å². The van der Waals surface area contributed by atoms with Gasteiger partial charge in [0.15, 0.2) is 5.54 Å². The molecule has 4 rings (SSSR count). The smallest absolute Gasteiger partial charge is 0.283 e. The topological polar surface area (TPSA) is 56.8 Å². The fourth-order valence-electron chi connectivity index (χ4n) is 3.40. The van der Waals surface area contributed by atoms with E-state index in [-0.39, 0.29) is 18.4 Å². The highest BCUT2D eigenvalue weighted by Gasteiger charge is 2.40. The third-order valence-corrected chi connectivity index (χ3v) is 4.81. The molecule has 5 heteroatoms. The molecule has 0 saturated heterocycles. The van der Waals surface area contributed by atoms with Crippen LogP contribution in [0.25, 0.3) is 11.1 Å². The second-order valence-corrected chi connectivity index (χ2v) is 6.39. The first-order chi connectivity index (χ1) is 13.1. The zero-order valence-electron chi connectivity index (χ0n) is 14.9. The number of hydrogen-bond acceptors (Lipinski definition) is 4. The maximum atomic E-state index is 14.6. The summed E-state index contributed by atoms with van der Waals surface area (Å²) in [6, 6.07) is 22.2. The lowest BCUT2D eigenvalue weighted by Crippen LogP contribution is -2.27. The van der Waals surface area contributed by atoms with Crippen LogP contribution >= 0.6 is 0 Å². The van der Waals surface area contributed by atoms with E-state index in [1.54, 1.807) is 19.2 Å². The fourth-order valence-corrected chi connectivity index (χ4v) is 3.40. The van der Waals surface area contributed by atoms with E-state index in [9.17, 15) is 4.39 Å². The van der Waals surface area contributed by atoms with Crippen LogP contribution in [0.1, 0.15) is 11.1 Å². The monoisotopic (exact) mass is 362 g/mol. The van der Waals surface area contributed by atoms with Crippen LogP contribution in [-0.4, -0.2) is 19.7 Å². The molecule has 0 saturated carbocycles. The predicted octanol–water partition coefficient (Wildman–Crippen LogP) is 4.09. The van der Waals surface area contributed by atoms with Gasteiger partial charge in [0.1, 0.15) is 18.2 Å². The number of ether oxygens (including phenoxy) is 2. The molecule has 0 amide bonds. The van der Waals surface area contributed by atoms with E-state index in [0.717, 1.165) is 16.7 Å². The minimum absolute atomic E-state index is 0.131. The van der Waals surface area contributed by atoms with E-state index in [0.29, 0.717) is 11.3 Å². The number of amidine groups is 1. The molecule has 0 aliphatic carbocycles. The van der Waals surface area contributed by atoms with Crippen molar-refractivity contribution in [3.8, 4) is 16.9 Å². The summed E-state index contributed by atoms with van der Waals surface area (Å²) in [6.45, 7) is 0.270. The van der Waals surface area contributed by atoms with Gasteiger partial charge in [0.25, 0.3) is 6.02 Å². The highest BCUT2D eigenvalue weighted by atomic mass is 19.1. The average Bonchev–Trinajstić information content (AvgIpc) is 3.12. The molecular formula is C22H19FN2O2. The van der Waals surface area contributed by atoms with Gasteiger partial charge in [0, 0.05) is 5.56 Å². The van der Waals surface area contributed by atoms with E-state index in [1.807, 2.05) is 54.6 Å². The van der Waals surface area contributed by atoms with Crippen molar-refractivity contribution in [2.24, 2.45) is 10.7 Å². The summed E-state index contributed by atoms with van der Waals surface area (Å²) in [7, 11) is 1.59. The highest BCUT2D eigenvalue weighted by molar-refractivity contribution is 5.76. The molecule has 0 aromatic heterocycles. The van der Waals surface area contributed by atoms with Crippen molar-refractivity contribution in [1.29, 1.82) is 0 Å². The van der Waals surface area contributed by atoms with Crippen molar-refractivity contribution in [3.63, 3.8) is 0 Å². The first kappa shape index (κ1) is 17.1. The first-order valence-corrected chi connectivity index (χ1v) is 8.60. The van der Waals surface area contributed by atoms with Crippen molar-refractivity contribution < 1.29 is 13.9 Å². The van der Waals surface area contributed by atoms with Gasteiger partial charge in [-0.2, -0.15) is 0 Å². The fraction of sp³-hybridized carbons (Fsp3) is 0.136. The van der Waals surface area contributed by atoms with Gasteiger partial charge < -0.3 is 15.2 Å². The van der Waals surface area contributed by atoms with E-state index >= 15 is 0 Å². The van der Waals surface area contributed by atoms with Crippen molar-refractivity contribution in [2.75, 3.05) is 13.7 Å². The van der Waals surface area contributed by atoms with Crippen LogP contribution in [0.2, 0.25) is 0 Å². The third kappa shape index (κ3) is 3.01. The number of rotatable bonds is 4. The Morgan fingerprint density at radius 1 is 1.00 bits per heavy atom. The van der Waals surface area contributed by atoms with E-state index in [4.69, 9.17) is 15.2 Å². The van der Waals surface area contributed by atoms with Crippen molar-refractivity contribution in [3.05, 3.63) is 89.7 Å². The van der Waals surface area contributed by atoms with Crippen molar-refractivity contribution >= 4 is 6.02 Å². The van der Waals surface area contributed by atoms with Crippen LogP contribution in [0.4, 0.5) is 4.39 Å². The highest BCUT2D eigenvalue weighted by Crippen LogP contribution is 2.39. The second kappa shape index (κ2) is 6.76. The molecule has 4 nitrogen and oxygen atoms in total. The number of aliphatic imine (C=N–C) groups is 1.